The molecule has 1 atom stereocenters. The van der Waals surface area contributed by atoms with E-state index in [9.17, 15) is 9.18 Å². The molecule has 0 spiro atoms. The van der Waals surface area contributed by atoms with Gasteiger partial charge in [0.25, 0.3) is 0 Å². The molecule has 0 radical (unpaired) electrons. The molecule has 4 rings (SSSR count). The fraction of sp³-hybridized carbons (Fsp3) is 0.238. The zero-order chi connectivity index (χ0) is 22.3. The summed E-state index contributed by atoms with van der Waals surface area (Å²) in [5.74, 6) is 0.352. The molecule has 0 saturated carbocycles. The van der Waals surface area contributed by atoms with Gasteiger partial charge in [-0.3, -0.25) is 4.90 Å². The van der Waals surface area contributed by atoms with Crippen LogP contribution in [-0.4, -0.2) is 32.1 Å². The molecular formula is C21H18ClFN2O5S. The molecular weight excluding hydrogens is 447 g/mol. The largest absolute Gasteiger partial charge is 0.493 e. The second-order valence-electron chi connectivity index (χ2n) is 6.76. The Kier molecular flexibility index (Phi) is 5.63. The number of halogens is 2. The smallest absolute Gasteiger partial charge is 0.337 e. The summed E-state index contributed by atoms with van der Waals surface area (Å²) in [5, 5.41) is 3.40. The van der Waals surface area contributed by atoms with Gasteiger partial charge < -0.3 is 24.3 Å². The van der Waals surface area contributed by atoms with Crippen molar-refractivity contribution in [2.45, 2.75) is 13.0 Å². The number of anilines is 1. The zero-order valence-corrected chi connectivity index (χ0v) is 18.4. The topological polar surface area (TPSA) is 69.3 Å². The standard InChI is InChI=1S/C21H18ClFN2O5S/c1-10-17(20(26)28-3)18(11-6-15(27-2)19-16(7-11)29-9-30-19)24-21(31)25(10)12-4-5-14(23)13(22)8-12/h4-8,18H,9H2,1-3H3,(H,24,31)/t18-/m1/s1. The van der Waals surface area contributed by atoms with Gasteiger partial charge in [0.05, 0.1) is 30.9 Å². The average molecular weight is 465 g/mol. The van der Waals surface area contributed by atoms with E-state index in [0.717, 1.165) is 0 Å². The van der Waals surface area contributed by atoms with Crippen LogP contribution >= 0.6 is 23.8 Å². The molecule has 31 heavy (non-hydrogen) atoms. The number of fused-ring (bicyclic) bond motifs is 1. The first-order valence-corrected chi connectivity index (χ1v) is 9.96. The number of thiocarbonyl (C=S) groups is 1. The third-order valence-corrected chi connectivity index (χ3v) is 5.66. The van der Waals surface area contributed by atoms with Crippen molar-refractivity contribution in [2.24, 2.45) is 0 Å². The number of esters is 1. The van der Waals surface area contributed by atoms with Crippen LogP contribution in [0.4, 0.5) is 10.1 Å². The van der Waals surface area contributed by atoms with Crippen molar-refractivity contribution in [1.29, 1.82) is 0 Å². The first-order valence-electron chi connectivity index (χ1n) is 9.18. The molecule has 0 amide bonds. The van der Waals surface area contributed by atoms with E-state index in [1.54, 1.807) is 24.0 Å². The maximum Gasteiger partial charge on any atom is 0.337 e. The van der Waals surface area contributed by atoms with Gasteiger partial charge in [0.15, 0.2) is 16.6 Å². The quantitative estimate of drug-likeness (QED) is 0.536. The highest BCUT2D eigenvalue weighted by molar-refractivity contribution is 7.80. The summed E-state index contributed by atoms with van der Waals surface area (Å²) in [5.41, 5.74) is 2.00. The first-order chi connectivity index (χ1) is 14.8. The van der Waals surface area contributed by atoms with Crippen LogP contribution in [-0.2, 0) is 9.53 Å². The Morgan fingerprint density at radius 3 is 2.74 bits per heavy atom. The third-order valence-electron chi connectivity index (χ3n) is 5.07. The predicted molar refractivity (Wildman–Crippen MR) is 116 cm³/mol. The molecule has 0 saturated heterocycles. The maximum absolute atomic E-state index is 13.7. The SMILES string of the molecule is COC(=O)C1=C(C)N(c2ccc(F)c(Cl)c2)C(=S)N[C@@H]1c1cc(OC)c2c(c1)OCO2. The number of ether oxygens (including phenoxy) is 4. The summed E-state index contributed by atoms with van der Waals surface area (Å²) < 4.78 is 35.1. The number of allylic oxidation sites excluding steroid dienone is 1. The number of methoxy groups -OCH3 is 2. The molecule has 2 aromatic rings. The Bertz CT molecular complexity index is 1120. The van der Waals surface area contributed by atoms with Crippen molar-refractivity contribution in [3.8, 4) is 17.2 Å². The fourth-order valence-corrected chi connectivity index (χ4v) is 4.15. The van der Waals surface area contributed by atoms with Crippen molar-refractivity contribution < 1.29 is 28.1 Å². The minimum absolute atomic E-state index is 0.0599. The van der Waals surface area contributed by atoms with E-state index in [-0.39, 0.29) is 11.8 Å². The highest BCUT2D eigenvalue weighted by Gasteiger charge is 2.36. The molecule has 0 aromatic heterocycles. The molecule has 7 nitrogen and oxygen atoms in total. The summed E-state index contributed by atoms with van der Waals surface area (Å²) in [6.45, 7) is 1.80. The van der Waals surface area contributed by atoms with Crippen molar-refractivity contribution in [2.75, 3.05) is 25.9 Å². The lowest BCUT2D eigenvalue weighted by molar-refractivity contribution is -0.136. The Balaban J connectivity index is 1.85. The summed E-state index contributed by atoms with van der Waals surface area (Å²) >= 11 is 11.5. The summed E-state index contributed by atoms with van der Waals surface area (Å²) in [6.07, 6.45) is 0. The molecule has 2 heterocycles. The number of benzene rings is 2. The van der Waals surface area contributed by atoms with Crippen molar-refractivity contribution in [1.82, 2.24) is 5.32 Å². The van der Waals surface area contributed by atoms with E-state index in [1.165, 1.54) is 32.4 Å². The van der Waals surface area contributed by atoms with Crippen LogP contribution in [0.3, 0.4) is 0 Å². The monoisotopic (exact) mass is 464 g/mol. The predicted octanol–water partition coefficient (Wildman–Crippen LogP) is 4.10. The van der Waals surface area contributed by atoms with Gasteiger partial charge in [0.1, 0.15) is 5.82 Å². The fourth-order valence-electron chi connectivity index (χ4n) is 3.62. The number of nitrogens with zero attached hydrogens (tertiary/aromatic N) is 1. The number of carbonyl (C=O) groups excluding carboxylic acids is 1. The van der Waals surface area contributed by atoms with Gasteiger partial charge >= 0.3 is 5.97 Å². The van der Waals surface area contributed by atoms with Crippen LogP contribution < -0.4 is 24.4 Å². The zero-order valence-electron chi connectivity index (χ0n) is 16.8. The normalized spacial score (nSPS) is 17.5. The van der Waals surface area contributed by atoms with Crippen molar-refractivity contribution in [3.63, 3.8) is 0 Å². The molecule has 0 unspecified atom stereocenters. The molecule has 2 aliphatic heterocycles. The average Bonchev–Trinajstić information content (AvgIpc) is 3.23. The van der Waals surface area contributed by atoms with Gasteiger partial charge in [-0.15, -0.1) is 0 Å². The van der Waals surface area contributed by atoms with Gasteiger partial charge in [-0.2, -0.15) is 0 Å². The molecule has 2 aliphatic rings. The number of hydrogen-bond donors (Lipinski definition) is 1. The minimum Gasteiger partial charge on any atom is -0.493 e. The van der Waals surface area contributed by atoms with Crippen LogP contribution in [0.2, 0.25) is 5.02 Å². The number of rotatable bonds is 4. The van der Waals surface area contributed by atoms with Gasteiger partial charge in [-0.1, -0.05) is 11.6 Å². The first kappa shape index (κ1) is 21.2. The summed E-state index contributed by atoms with van der Waals surface area (Å²) in [6, 6.07) is 7.06. The summed E-state index contributed by atoms with van der Waals surface area (Å²) in [4.78, 5) is 14.4. The Labute approximate surface area is 188 Å². The van der Waals surface area contributed by atoms with E-state index < -0.39 is 17.8 Å². The Morgan fingerprint density at radius 1 is 1.29 bits per heavy atom. The second kappa shape index (κ2) is 8.24. The highest BCUT2D eigenvalue weighted by Crippen LogP contribution is 2.45. The van der Waals surface area contributed by atoms with E-state index in [4.69, 9.17) is 42.8 Å². The van der Waals surface area contributed by atoms with Gasteiger partial charge in [-0.05, 0) is 55.0 Å². The van der Waals surface area contributed by atoms with Gasteiger partial charge in [0, 0.05) is 11.4 Å². The lowest BCUT2D eigenvalue weighted by Gasteiger charge is -2.37. The second-order valence-corrected chi connectivity index (χ2v) is 7.56. The van der Waals surface area contributed by atoms with E-state index >= 15 is 0 Å². The highest BCUT2D eigenvalue weighted by atomic mass is 35.5. The van der Waals surface area contributed by atoms with Gasteiger partial charge in [-0.25, -0.2) is 9.18 Å². The minimum atomic E-state index is -0.643. The van der Waals surface area contributed by atoms with E-state index in [1.807, 2.05) is 0 Å². The van der Waals surface area contributed by atoms with Crippen LogP contribution in [0.25, 0.3) is 0 Å². The number of nitrogens with one attached hydrogen (secondary N) is 1. The third kappa shape index (κ3) is 3.64. The van der Waals surface area contributed by atoms with Crippen LogP contribution in [0.15, 0.2) is 41.6 Å². The molecule has 0 bridgehead atoms. The lowest BCUT2D eigenvalue weighted by atomic mass is 9.94. The van der Waals surface area contributed by atoms with Crippen LogP contribution in [0, 0.1) is 5.82 Å². The molecule has 2 aromatic carbocycles. The van der Waals surface area contributed by atoms with Crippen LogP contribution in [0.5, 0.6) is 17.2 Å². The van der Waals surface area contributed by atoms with Crippen molar-refractivity contribution >= 4 is 40.6 Å². The van der Waals surface area contributed by atoms with Crippen LogP contribution in [0.1, 0.15) is 18.5 Å². The lowest BCUT2D eigenvalue weighted by Crippen LogP contribution is -2.48. The summed E-state index contributed by atoms with van der Waals surface area (Å²) in [7, 11) is 2.81. The van der Waals surface area contributed by atoms with Gasteiger partial charge in [0.2, 0.25) is 12.5 Å². The molecule has 0 aliphatic carbocycles. The Morgan fingerprint density at radius 2 is 2.06 bits per heavy atom. The molecule has 0 fully saturated rings. The molecule has 10 heteroatoms. The number of carbonyl (C=O) groups is 1. The Hall–Kier alpha value is -3.04. The van der Waals surface area contributed by atoms with Crippen molar-refractivity contribution in [3.05, 3.63) is 58.0 Å². The maximum atomic E-state index is 13.7. The molecule has 1 N–H and O–H groups in total. The van der Waals surface area contributed by atoms with E-state index in [0.29, 0.717) is 44.9 Å². The number of hydrogen-bond acceptors (Lipinski definition) is 6. The molecule has 162 valence electrons. The van der Waals surface area contributed by atoms with E-state index in [2.05, 4.69) is 5.32 Å².